The molecule has 0 amide bonds. The smallest absolute Gasteiger partial charge is 0.344 e. The summed E-state index contributed by atoms with van der Waals surface area (Å²) in [5.74, 6) is -0.568. The molecule has 2 aromatic carbocycles. The molecular weight excluding hydrogens is 372 g/mol. The third-order valence-electron chi connectivity index (χ3n) is 4.62. The Labute approximate surface area is 168 Å². The van der Waals surface area contributed by atoms with Crippen LogP contribution in [0.25, 0.3) is 11.0 Å². The summed E-state index contributed by atoms with van der Waals surface area (Å²) in [7, 11) is 0. The molecule has 0 aliphatic heterocycles. The summed E-state index contributed by atoms with van der Waals surface area (Å²) in [6.07, 6.45) is -0.927. The van der Waals surface area contributed by atoms with Crippen LogP contribution in [0.15, 0.2) is 51.7 Å². The summed E-state index contributed by atoms with van der Waals surface area (Å²) in [5, 5.41) is 0.785. The van der Waals surface area contributed by atoms with E-state index in [1.807, 2.05) is 32.9 Å². The second-order valence-electron chi connectivity index (χ2n) is 7.01. The van der Waals surface area contributed by atoms with Crippen molar-refractivity contribution in [3.63, 3.8) is 0 Å². The van der Waals surface area contributed by atoms with Crippen molar-refractivity contribution in [1.82, 2.24) is 0 Å². The van der Waals surface area contributed by atoms with E-state index in [-0.39, 0.29) is 12.4 Å². The number of ether oxygens (including phenoxy) is 2. The van der Waals surface area contributed by atoms with Crippen molar-refractivity contribution in [3.05, 3.63) is 75.1 Å². The number of carbonyl (C=O) groups is 2. The van der Waals surface area contributed by atoms with E-state index in [9.17, 15) is 14.4 Å². The number of fused-ring (bicyclic) bond motifs is 1. The number of rotatable bonds is 6. The van der Waals surface area contributed by atoms with E-state index in [0.717, 1.165) is 22.1 Å². The van der Waals surface area contributed by atoms with E-state index < -0.39 is 17.7 Å². The van der Waals surface area contributed by atoms with Gasteiger partial charge in [-0.15, -0.1) is 0 Å². The van der Waals surface area contributed by atoms with Crippen LogP contribution in [0.4, 0.5) is 0 Å². The highest BCUT2D eigenvalue weighted by molar-refractivity contribution is 6.01. The zero-order chi connectivity index (χ0) is 21.1. The number of hydrogen-bond donors (Lipinski definition) is 0. The van der Waals surface area contributed by atoms with E-state index in [0.29, 0.717) is 16.9 Å². The molecule has 3 rings (SSSR count). The number of carbonyl (C=O) groups excluding carboxylic acids is 2. The van der Waals surface area contributed by atoms with Gasteiger partial charge in [0.2, 0.25) is 5.78 Å². The van der Waals surface area contributed by atoms with Crippen molar-refractivity contribution >= 4 is 22.7 Å². The van der Waals surface area contributed by atoms with Gasteiger partial charge in [0.05, 0.1) is 0 Å². The van der Waals surface area contributed by atoms with Crippen molar-refractivity contribution in [1.29, 1.82) is 0 Å². The van der Waals surface area contributed by atoms with E-state index in [1.165, 1.54) is 13.0 Å². The average molecular weight is 394 g/mol. The largest absolute Gasteiger partial charge is 0.482 e. The van der Waals surface area contributed by atoms with Gasteiger partial charge in [-0.25, -0.2) is 9.59 Å². The number of ketones is 1. The van der Waals surface area contributed by atoms with Gasteiger partial charge in [0.25, 0.3) is 0 Å². The monoisotopic (exact) mass is 394 g/mol. The van der Waals surface area contributed by atoms with E-state index >= 15 is 0 Å². The van der Waals surface area contributed by atoms with Crippen LogP contribution in [0.3, 0.4) is 0 Å². The summed E-state index contributed by atoms with van der Waals surface area (Å²) < 4.78 is 15.8. The minimum Gasteiger partial charge on any atom is -0.482 e. The minimum atomic E-state index is -0.927. The molecular formula is C23H22O6. The van der Waals surface area contributed by atoms with Crippen LogP contribution in [-0.4, -0.2) is 24.5 Å². The maximum Gasteiger partial charge on any atom is 0.344 e. The van der Waals surface area contributed by atoms with Crippen LogP contribution in [0.2, 0.25) is 0 Å². The fourth-order valence-corrected chi connectivity index (χ4v) is 3.04. The molecule has 0 saturated carbocycles. The molecule has 150 valence electrons. The van der Waals surface area contributed by atoms with Crippen LogP contribution in [0, 0.1) is 20.8 Å². The number of esters is 1. The van der Waals surface area contributed by atoms with Crippen molar-refractivity contribution in [3.8, 4) is 5.75 Å². The third-order valence-corrected chi connectivity index (χ3v) is 4.62. The number of Topliss-reactive ketones (excluding diaryl/α,β-unsaturated/α-hetero) is 1. The van der Waals surface area contributed by atoms with Gasteiger partial charge >= 0.3 is 11.6 Å². The van der Waals surface area contributed by atoms with Gasteiger partial charge in [-0.1, -0.05) is 17.7 Å². The molecule has 1 atom stereocenters. The van der Waals surface area contributed by atoms with E-state index in [1.54, 1.807) is 24.3 Å². The van der Waals surface area contributed by atoms with Crippen LogP contribution >= 0.6 is 0 Å². The Balaban J connectivity index is 1.63. The summed E-state index contributed by atoms with van der Waals surface area (Å²) in [4.78, 5) is 36.2. The number of hydrogen-bond acceptors (Lipinski definition) is 6. The predicted octanol–water partition coefficient (Wildman–Crippen LogP) is 3.91. The maximum atomic E-state index is 12.6. The second kappa shape index (κ2) is 8.31. The molecule has 6 heteroatoms. The lowest BCUT2D eigenvalue weighted by Crippen LogP contribution is -2.27. The molecule has 1 heterocycles. The lowest BCUT2D eigenvalue weighted by atomic mass is 9.99. The molecule has 0 unspecified atom stereocenters. The Morgan fingerprint density at radius 1 is 1.00 bits per heavy atom. The maximum absolute atomic E-state index is 12.6. The quantitative estimate of drug-likeness (QED) is 0.358. The SMILES string of the molecule is Cc1ccc(C)c(C(=O)[C@H](C)OC(=O)COc2ccc3c(C)cc(=O)oc3c2)c1. The number of aryl methyl sites for hydroxylation is 3. The lowest BCUT2D eigenvalue weighted by Gasteiger charge is -2.14. The Morgan fingerprint density at radius 2 is 1.76 bits per heavy atom. The highest BCUT2D eigenvalue weighted by Crippen LogP contribution is 2.22. The summed E-state index contributed by atoms with van der Waals surface area (Å²) >= 11 is 0. The normalized spacial score (nSPS) is 11.9. The summed E-state index contributed by atoms with van der Waals surface area (Å²) in [6, 6.07) is 11.9. The molecule has 0 bridgehead atoms. The molecule has 0 spiro atoms. The summed E-state index contributed by atoms with van der Waals surface area (Å²) in [5.41, 5.74) is 3.03. The first-order chi connectivity index (χ1) is 13.7. The summed E-state index contributed by atoms with van der Waals surface area (Å²) in [6.45, 7) is 6.71. The van der Waals surface area contributed by atoms with Crippen LogP contribution in [-0.2, 0) is 9.53 Å². The molecule has 29 heavy (non-hydrogen) atoms. The van der Waals surface area contributed by atoms with Crippen LogP contribution < -0.4 is 10.4 Å². The molecule has 0 N–H and O–H groups in total. The molecule has 3 aromatic rings. The van der Waals surface area contributed by atoms with E-state index in [2.05, 4.69) is 0 Å². The Bertz CT molecular complexity index is 1140. The fourth-order valence-electron chi connectivity index (χ4n) is 3.04. The van der Waals surface area contributed by atoms with Gasteiger partial charge in [-0.05, 0) is 57.0 Å². The topological polar surface area (TPSA) is 82.8 Å². The standard InChI is InChI=1S/C23H22O6/c1-13-5-6-14(2)19(9-13)23(26)16(4)28-22(25)12-27-17-7-8-18-15(3)10-21(24)29-20(18)11-17/h5-11,16H,12H2,1-4H3/t16-/m0/s1. The second-order valence-corrected chi connectivity index (χ2v) is 7.01. The van der Waals surface area contributed by atoms with Gasteiger partial charge in [0.1, 0.15) is 11.3 Å². The fraction of sp³-hybridized carbons (Fsp3) is 0.261. The Hall–Kier alpha value is -3.41. The first kappa shape index (κ1) is 20.3. The average Bonchev–Trinajstić information content (AvgIpc) is 2.67. The Kier molecular flexibility index (Phi) is 5.82. The van der Waals surface area contributed by atoms with Crippen molar-refractivity contribution < 1.29 is 23.5 Å². The number of benzene rings is 2. The lowest BCUT2D eigenvalue weighted by molar-refractivity contribution is -0.148. The van der Waals surface area contributed by atoms with Gasteiger partial charge in [-0.2, -0.15) is 0 Å². The predicted molar refractivity (Wildman–Crippen MR) is 109 cm³/mol. The molecule has 6 nitrogen and oxygen atoms in total. The third kappa shape index (κ3) is 4.71. The van der Waals surface area contributed by atoms with Gasteiger partial charge < -0.3 is 13.9 Å². The highest BCUT2D eigenvalue weighted by Gasteiger charge is 2.21. The first-order valence-electron chi connectivity index (χ1n) is 9.23. The van der Waals surface area contributed by atoms with Gasteiger partial charge in [-0.3, -0.25) is 4.79 Å². The van der Waals surface area contributed by atoms with Crippen molar-refractivity contribution in [2.75, 3.05) is 6.61 Å². The Morgan fingerprint density at radius 3 is 2.52 bits per heavy atom. The molecule has 0 radical (unpaired) electrons. The van der Waals surface area contributed by atoms with Crippen LogP contribution in [0.5, 0.6) is 5.75 Å². The van der Waals surface area contributed by atoms with Crippen LogP contribution in [0.1, 0.15) is 34.0 Å². The molecule has 1 aromatic heterocycles. The molecule has 0 aliphatic rings. The van der Waals surface area contributed by atoms with Gasteiger partial charge in [0.15, 0.2) is 12.7 Å². The molecule has 0 aliphatic carbocycles. The van der Waals surface area contributed by atoms with E-state index in [4.69, 9.17) is 13.9 Å². The minimum absolute atomic E-state index is 0.262. The van der Waals surface area contributed by atoms with Crippen molar-refractivity contribution in [2.45, 2.75) is 33.8 Å². The molecule has 0 fully saturated rings. The first-order valence-corrected chi connectivity index (χ1v) is 9.23. The van der Waals surface area contributed by atoms with Crippen molar-refractivity contribution in [2.24, 2.45) is 0 Å². The molecule has 0 saturated heterocycles. The van der Waals surface area contributed by atoms with Gasteiger partial charge in [0, 0.05) is 23.1 Å². The highest BCUT2D eigenvalue weighted by atomic mass is 16.6. The zero-order valence-electron chi connectivity index (χ0n) is 16.8. The zero-order valence-corrected chi connectivity index (χ0v) is 16.8.